The van der Waals surface area contributed by atoms with Crippen LogP contribution in [0.15, 0.2) is 12.4 Å². The molecule has 0 spiro atoms. The van der Waals surface area contributed by atoms with Crippen LogP contribution in [0.4, 0.5) is 0 Å². The molecule has 4 heteroatoms. The lowest BCUT2D eigenvalue weighted by molar-refractivity contribution is 0.0654. The molecule has 0 aliphatic carbocycles. The summed E-state index contributed by atoms with van der Waals surface area (Å²) in [5, 5.41) is 4.26. The van der Waals surface area contributed by atoms with Crippen LogP contribution in [-0.4, -0.2) is 36.7 Å². The Balaban J connectivity index is 2.20. The van der Waals surface area contributed by atoms with Crippen LogP contribution in [0.1, 0.15) is 25.3 Å². The van der Waals surface area contributed by atoms with E-state index in [1.807, 2.05) is 10.9 Å². The van der Waals surface area contributed by atoms with E-state index in [9.17, 15) is 0 Å². The molecule has 0 fully saturated rings. The van der Waals surface area contributed by atoms with E-state index in [1.54, 1.807) is 7.11 Å². The molecule has 0 unspecified atom stereocenters. The normalized spacial score (nSPS) is 11.2. The highest BCUT2D eigenvalue weighted by molar-refractivity contribution is 5.08. The van der Waals surface area contributed by atoms with E-state index in [1.165, 1.54) is 5.56 Å². The van der Waals surface area contributed by atoms with Crippen LogP contribution < -0.4 is 0 Å². The van der Waals surface area contributed by atoms with Crippen molar-refractivity contribution in [3.05, 3.63) is 18.0 Å². The van der Waals surface area contributed by atoms with Crippen LogP contribution >= 0.6 is 0 Å². The largest absolute Gasteiger partial charge is 0.382 e. The molecular formula is C11H20N2O2. The molecule has 4 nitrogen and oxygen atoms in total. The Morgan fingerprint density at radius 1 is 1.33 bits per heavy atom. The SMILES string of the molecule is COCCOCCn1cc(C(C)C)cn1. The molecule has 0 bridgehead atoms. The van der Waals surface area contributed by atoms with Gasteiger partial charge >= 0.3 is 0 Å². The molecule has 0 amide bonds. The van der Waals surface area contributed by atoms with Crippen molar-refractivity contribution >= 4 is 0 Å². The van der Waals surface area contributed by atoms with E-state index >= 15 is 0 Å². The van der Waals surface area contributed by atoms with Gasteiger partial charge in [0.15, 0.2) is 0 Å². The third-order valence-electron chi connectivity index (χ3n) is 2.22. The van der Waals surface area contributed by atoms with Gasteiger partial charge in [-0.3, -0.25) is 4.68 Å². The van der Waals surface area contributed by atoms with Gasteiger partial charge in [-0.25, -0.2) is 0 Å². The van der Waals surface area contributed by atoms with Gasteiger partial charge in [0.25, 0.3) is 0 Å². The zero-order valence-corrected chi connectivity index (χ0v) is 9.77. The minimum absolute atomic E-state index is 0.535. The summed E-state index contributed by atoms with van der Waals surface area (Å²) in [4.78, 5) is 0. The molecule has 0 saturated carbocycles. The Kier molecular flexibility index (Phi) is 5.36. The fourth-order valence-corrected chi connectivity index (χ4v) is 1.20. The number of rotatable bonds is 7. The molecule has 0 radical (unpaired) electrons. The summed E-state index contributed by atoms with van der Waals surface area (Å²) in [6.45, 7) is 7.11. The first-order chi connectivity index (χ1) is 7.24. The highest BCUT2D eigenvalue weighted by Gasteiger charge is 2.01. The number of nitrogens with zero attached hydrogens (tertiary/aromatic N) is 2. The monoisotopic (exact) mass is 212 g/mol. The number of methoxy groups -OCH3 is 1. The van der Waals surface area contributed by atoms with Crippen molar-refractivity contribution in [2.45, 2.75) is 26.3 Å². The predicted molar refractivity (Wildman–Crippen MR) is 59.0 cm³/mol. The average Bonchev–Trinajstić information content (AvgIpc) is 2.66. The van der Waals surface area contributed by atoms with Gasteiger partial charge in [0.1, 0.15) is 0 Å². The number of hydrogen-bond donors (Lipinski definition) is 0. The molecule has 0 aliphatic heterocycles. The molecule has 0 saturated heterocycles. The van der Waals surface area contributed by atoms with Gasteiger partial charge in [-0.15, -0.1) is 0 Å². The van der Waals surface area contributed by atoms with E-state index in [0.29, 0.717) is 25.7 Å². The fourth-order valence-electron chi connectivity index (χ4n) is 1.20. The Bertz CT molecular complexity index is 271. The number of ether oxygens (including phenoxy) is 2. The lowest BCUT2D eigenvalue weighted by atomic mass is 10.1. The topological polar surface area (TPSA) is 36.3 Å². The van der Waals surface area contributed by atoms with Gasteiger partial charge < -0.3 is 9.47 Å². The molecule has 1 aromatic heterocycles. The van der Waals surface area contributed by atoms with Crippen molar-refractivity contribution in [3.8, 4) is 0 Å². The van der Waals surface area contributed by atoms with E-state index in [0.717, 1.165) is 6.54 Å². The van der Waals surface area contributed by atoms with Crippen LogP contribution in [0.2, 0.25) is 0 Å². The van der Waals surface area contributed by atoms with Gasteiger partial charge in [-0.2, -0.15) is 5.10 Å². The molecular weight excluding hydrogens is 192 g/mol. The summed E-state index contributed by atoms with van der Waals surface area (Å²) in [5.74, 6) is 0.535. The van der Waals surface area contributed by atoms with Gasteiger partial charge in [-0.1, -0.05) is 13.8 Å². The number of aromatic nitrogens is 2. The Morgan fingerprint density at radius 3 is 2.73 bits per heavy atom. The average molecular weight is 212 g/mol. The first-order valence-electron chi connectivity index (χ1n) is 5.33. The molecule has 1 heterocycles. The lowest BCUT2D eigenvalue weighted by Gasteiger charge is -2.03. The van der Waals surface area contributed by atoms with Crippen LogP contribution in [0.3, 0.4) is 0 Å². The van der Waals surface area contributed by atoms with E-state index in [2.05, 4.69) is 25.1 Å². The van der Waals surface area contributed by atoms with E-state index in [-0.39, 0.29) is 0 Å². The van der Waals surface area contributed by atoms with Gasteiger partial charge in [0.2, 0.25) is 0 Å². The predicted octanol–water partition coefficient (Wildman–Crippen LogP) is 1.67. The number of hydrogen-bond acceptors (Lipinski definition) is 3. The molecule has 86 valence electrons. The Hall–Kier alpha value is -0.870. The molecule has 0 aliphatic rings. The summed E-state index contributed by atoms with van der Waals surface area (Å²) < 4.78 is 12.2. The quantitative estimate of drug-likeness (QED) is 0.645. The zero-order chi connectivity index (χ0) is 11.1. The van der Waals surface area contributed by atoms with Gasteiger partial charge in [-0.05, 0) is 11.5 Å². The maximum atomic E-state index is 5.36. The van der Waals surface area contributed by atoms with E-state index < -0.39 is 0 Å². The van der Waals surface area contributed by atoms with Crippen molar-refractivity contribution in [1.82, 2.24) is 9.78 Å². The van der Waals surface area contributed by atoms with Crippen LogP contribution in [0.5, 0.6) is 0 Å². The van der Waals surface area contributed by atoms with Crippen molar-refractivity contribution in [2.24, 2.45) is 0 Å². The summed E-state index contributed by atoms with van der Waals surface area (Å²) in [6, 6.07) is 0. The maximum absolute atomic E-state index is 5.36. The maximum Gasteiger partial charge on any atom is 0.0701 e. The minimum atomic E-state index is 0.535. The first kappa shape index (κ1) is 12.2. The second-order valence-electron chi connectivity index (χ2n) is 3.80. The smallest absolute Gasteiger partial charge is 0.0701 e. The van der Waals surface area contributed by atoms with Crippen molar-refractivity contribution in [2.75, 3.05) is 26.9 Å². The Labute approximate surface area is 91.2 Å². The van der Waals surface area contributed by atoms with Crippen LogP contribution in [0, 0.1) is 0 Å². The van der Waals surface area contributed by atoms with Crippen molar-refractivity contribution in [1.29, 1.82) is 0 Å². The minimum Gasteiger partial charge on any atom is -0.382 e. The van der Waals surface area contributed by atoms with Crippen LogP contribution in [-0.2, 0) is 16.0 Å². The third-order valence-corrected chi connectivity index (χ3v) is 2.22. The highest BCUT2D eigenvalue weighted by Crippen LogP contribution is 2.11. The molecule has 0 aromatic carbocycles. The van der Waals surface area contributed by atoms with Crippen molar-refractivity contribution < 1.29 is 9.47 Å². The summed E-state index contributed by atoms with van der Waals surface area (Å²) in [7, 11) is 1.67. The second kappa shape index (κ2) is 6.58. The van der Waals surface area contributed by atoms with Crippen LogP contribution in [0.25, 0.3) is 0 Å². The Morgan fingerprint density at radius 2 is 2.13 bits per heavy atom. The van der Waals surface area contributed by atoms with Gasteiger partial charge in [0.05, 0.1) is 32.6 Å². The summed E-state index contributed by atoms with van der Waals surface area (Å²) >= 11 is 0. The second-order valence-corrected chi connectivity index (χ2v) is 3.80. The molecule has 0 N–H and O–H groups in total. The molecule has 0 atom stereocenters. The standard InChI is InChI=1S/C11H20N2O2/c1-10(2)11-8-12-13(9-11)4-5-15-7-6-14-3/h8-10H,4-7H2,1-3H3. The zero-order valence-electron chi connectivity index (χ0n) is 9.77. The van der Waals surface area contributed by atoms with E-state index in [4.69, 9.17) is 9.47 Å². The fraction of sp³-hybridized carbons (Fsp3) is 0.727. The summed E-state index contributed by atoms with van der Waals surface area (Å²) in [6.07, 6.45) is 3.99. The first-order valence-corrected chi connectivity index (χ1v) is 5.33. The molecule has 1 aromatic rings. The molecule has 15 heavy (non-hydrogen) atoms. The summed E-state index contributed by atoms with van der Waals surface area (Å²) in [5.41, 5.74) is 1.27. The third kappa shape index (κ3) is 4.44. The van der Waals surface area contributed by atoms with Crippen molar-refractivity contribution in [3.63, 3.8) is 0 Å². The highest BCUT2D eigenvalue weighted by atomic mass is 16.5. The lowest BCUT2D eigenvalue weighted by Crippen LogP contribution is -2.09. The van der Waals surface area contributed by atoms with Gasteiger partial charge in [0, 0.05) is 13.3 Å². The molecule has 1 rings (SSSR count).